The van der Waals surface area contributed by atoms with E-state index < -0.39 is 0 Å². The second-order valence-electron chi connectivity index (χ2n) is 3.77. The van der Waals surface area contributed by atoms with E-state index in [1.807, 2.05) is 43.3 Å². The molecule has 0 radical (unpaired) electrons. The van der Waals surface area contributed by atoms with Crippen LogP contribution in [-0.2, 0) is 0 Å². The minimum absolute atomic E-state index is 0.628. The number of benzene rings is 2. The van der Waals surface area contributed by atoms with Crippen molar-refractivity contribution in [1.29, 1.82) is 0 Å². The van der Waals surface area contributed by atoms with Crippen LogP contribution < -0.4 is 11.5 Å². The first-order valence-corrected chi connectivity index (χ1v) is 5.79. The van der Waals surface area contributed by atoms with Gasteiger partial charge in [0.25, 0.3) is 0 Å². The van der Waals surface area contributed by atoms with Gasteiger partial charge < -0.3 is 11.5 Å². The second kappa shape index (κ2) is 4.18. The Balaban J connectivity index is 2.63. The number of anilines is 2. The topological polar surface area (TPSA) is 52.0 Å². The van der Waals surface area contributed by atoms with Gasteiger partial charge in [-0.3, -0.25) is 0 Å². The van der Waals surface area contributed by atoms with E-state index >= 15 is 0 Å². The van der Waals surface area contributed by atoms with Crippen LogP contribution in [0.15, 0.2) is 40.9 Å². The van der Waals surface area contributed by atoms with Crippen LogP contribution in [0.25, 0.3) is 11.1 Å². The summed E-state index contributed by atoms with van der Waals surface area (Å²) in [7, 11) is 0. The zero-order chi connectivity index (χ0) is 11.7. The van der Waals surface area contributed by atoms with Gasteiger partial charge in [-0.1, -0.05) is 34.1 Å². The first kappa shape index (κ1) is 11.0. The Bertz CT molecular complexity index is 518. The Morgan fingerprint density at radius 1 is 0.938 bits per heavy atom. The van der Waals surface area contributed by atoms with Crippen LogP contribution in [0, 0.1) is 6.92 Å². The van der Waals surface area contributed by atoms with E-state index in [0.717, 1.165) is 21.2 Å². The molecule has 0 aliphatic rings. The summed E-state index contributed by atoms with van der Waals surface area (Å²) in [5, 5.41) is 0. The Labute approximate surface area is 103 Å². The smallest absolute Gasteiger partial charge is 0.0630 e. The lowest BCUT2D eigenvalue weighted by Crippen LogP contribution is -1.98. The van der Waals surface area contributed by atoms with E-state index in [1.165, 1.54) is 0 Å². The number of halogens is 1. The van der Waals surface area contributed by atoms with E-state index in [2.05, 4.69) is 15.9 Å². The van der Waals surface area contributed by atoms with Crippen molar-refractivity contribution >= 4 is 27.3 Å². The van der Waals surface area contributed by atoms with Crippen molar-refractivity contribution in [3.8, 4) is 11.1 Å². The summed E-state index contributed by atoms with van der Waals surface area (Å²) in [4.78, 5) is 0. The fourth-order valence-electron chi connectivity index (χ4n) is 1.74. The van der Waals surface area contributed by atoms with Crippen molar-refractivity contribution in [2.45, 2.75) is 6.92 Å². The van der Waals surface area contributed by atoms with Crippen LogP contribution in [0.2, 0.25) is 0 Å². The zero-order valence-electron chi connectivity index (χ0n) is 9.00. The second-order valence-corrected chi connectivity index (χ2v) is 4.68. The summed E-state index contributed by atoms with van der Waals surface area (Å²) in [6.45, 7) is 2.03. The summed E-state index contributed by atoms with van der Waals surface area (Å²) in [5.41, 5.74) is 16.4. The molecule has 0 unspecified atom stereocenters. The van der Waals surface area contributed by atoms with Crippen LogP contribution >= 0.6 is 15.9 Å². The maximum Gasteiger partial charge on any atom is 0.0630 e. The molecule has 0 saturated heterocycles. The van der Waals surface area contributed by atoms with Crippen LogP contribution in [-0.4, -0.2) is 0 Å². The molecular weight excluding hydrogens is 264 g/mol. The van der Waals surface area contributed by atoms with Gasteiger partial charge in [0.2, 0.25) is 0 Å². The van der Waals surface area contributed by atoms with Gasteiger partial charge in [-0.25, -0.2) is 0 Å². The molecule has 0 amide bonds. The lowest BCUT2D eigenvalue weighted by atomic mass is 9.98. The minimum atomic E-state index is 0.628. The Morgan fingerprint density at radius 2 is 1.56 bits per heavy atom. The van der Waals surface area contributed by atoms with Crippen molar-refractivity contribution < 1.29 is 0 Å². The third-order valence-electron chi connectivity index (χ3n) is 2.62. The first-order valence-electron chi connectivity index (χ1n) is 5.00. The van der Waals surface area contributed by atoms with Gasteiger partial charge in [0.05, 0.1) is 11.4 Å². The van der Waals surface area contributed by atoms with Crippen molar-refractivity contribution in [3.05, 3.63) is 46.4 Å². The predicted octanol–water partition coefficient (Wildman–Crippen LogP) is 3.59. The number of aryl methyl sites for hydroxylation is 1. The molecular formula is C13H13BrN2. The average Bonchev–Trinajstić information content (AvgIpc) is 2.27. The summed E-state index contributed by atoms with van der Waals surface area (Å²) in [6.07, 6.45) is 0. The molecule has 2 nitrogen and oxygen atoms in total. The first-order chi connectivity index (χ1) is 7.59. The molecule has 0 bridgehead atoms. The molecule has 0 fully saturated rings. The molecule has 0 saturated carbocycles. The third kappa shape index (κ3) is 1.91. The van der Waals surface area contributed by atoms with Gasteiger partial charge >= 0.3 is 0 Å². The quantitative estimate of drug-likeness (QED) is 0.783. The standard InChI is InChI=1S/C13H13BrN2/c1-8-2-7-11(15)13(16)12(8)9-3-5-10(14)6-4-9/h2-7H,15-16H2,1H3. The lowest BCUT2D eigenvalue weighted by Gasteiger charge is -2.12. The van der Waals surface area contributed by atoms with Gasteiger partial charge in [-0.2, -0.15) is 0 Å². The largest absolute Gasteiger partial charge is 0.397 e. The lowest BCUT2D eigenvalue weighted by molar-refractivity contribution is 1.45. The van der Waals surface area contributed by atoms with Crippen molar-refractivity contribution in [2.24, 2.45) is 0 Å². The molecule has 0 aliphatic heterocycles. The molecule has 2 aromatic rings. The van der Waals surface area contributed by atoms with E-state index in [-0.39, 0.29) is 0 Å². The summed E-state index contributed by atoms with van der Waals surface area (Å²) in [5.74, 6) is 0. The molecule has 82 valence electrons. The van der Waals surface area contributed by atoms with Gasteiger partial charge in [-0.15, -0.1) is 0 Å². The van der Waals surface area contributed by atoms with Gasteiger partial charge in [0.15, 0.2) is 0 Å². The summed E-state index contributed by atoms with van der Waals surface area (Å²) < 4.78 is 1.05. The minimum Gasteiger partial charge on any atom is -0.397 e. The molecule has 16 heavy (non-hydrogen) atoms. The molecule has 2 rings (SSSR count). The highest BCUT2D eigenvalue weighted by molar-refractivity contribution is 9.10. The maximum atomic E-state index is 6.02. The van der Waals surface area contributed by atoms with E-state index in [1.54, 1.807) is 0 Å². The van der Waals surface area contributed by atoms with Crippen LogP contribution in [0.1, 0.15) is 5.56 Å². The molecule has 0 spiro atoms. The molecule has 0 atom stereocenters. The Morgan fingerprint density at radius 3 is 2.19 bits per heavy atom. The Kier molecular flexibility index (Phi) is 2.88. The summed E-state index contributed by atoms with van der Waals surface area (Å²) >= 11 is 3.41. The number of hydrogen-bond donors (Lipinski definition) is 2. The van der Waals surface area contributed by atoms with Crippen molar-refractivity contribution in [2.75, 3.05) is 11.5 Å². The van der Waals surface area contributed by atoms with E-state index in [4.69, 9.17) is 11.5 Å². The SMILES string of the molecule is Cc1ccc(N)c(N)c1-c1ccc(Br)cc1. The average molecular weight is 277 g/mol. The highest BCUT2D eigenvalue weighted by Gasteiger charge is 2.08. The number of hydrogen-bond acceptors (Lipinski definition) is 2. The van der Waals surface area contributed by atoms with Crippen molar-refractivity contribution in [3.63, 3.8) is 0 Å². The fraction of sp³-hybridized carbons (Fsp3) is 0.0769. The normalized spacial score (nSPS) is 10.4. The fourth-order valence-corrected chi connectivity index (χ4v) is 2.01. The van der Waals surface area contributed by atoms with Crippen LogP contribution in [0.5, 0.6) is 0 Å². The maximum absolute atomic E-state index is 6.02. The highest BCUT2D eigenvalue weighted by atomic mass is 79.9. The van der Waals surface area contributed by atoms with Crippen LogP contribution in [0.3, 0.4) is 0 Å². The molecule has 0 aliphatic carbocycles. The number of rotatable bonds is 1. The van der Waals surface area contributed by atoms with Gasteiger partial charge in [0, 0.05) is 10.0 Å². The third-order valence-corrected chi connectivity index (χ3v) is 3.15. The van der Waals surface area contributed by atoms with Crippen LogP contribution in [0.4, 0.5) is 11.4 Å². The molecule has 4 N–H and O–H groups in total. The van der Waals surface area contributed by atoms with E-state index in [9.17, 15) is 0 Å². The predicted molar refractivity (Wildman–Crippen MR) is 73.1 cm³/mol. The monoisotopic (exact) mass is 276 g/mol. The molecule has 2 aromatic carbocycles. The van der Waals surface area contributed by atoms with Crippen molar-refractivity contribution in [1.82, 2.24) is 0 Å². The number of nitrogen functional groups attached to an aromatic ring is 2. The van der Waals surface area contributed by atoms with E-state index in [0.29, 0.717) is 11.4 Å². The molecule has 0 heterocycles. The van der Waals surface area contributed by atoms with Gasteiger partial charge in [0.1, 0.15) is 0 Å². The highest BCUT2D eigenvalue weighted by Crippen LogP contribution is 2.33. The zero-order valence-corrected chi connectivity index (χ0v) is 10.6. The number of nitrogens with two attached hydrogens (primary N) is 2. The molecule has 0 aromatic heterocycles. The summed E-state index contributed by atoms with van der Waals surface area (Å²) in [6, 6.07) is 11.9. The Hall–Kier alpha value is -1.48. The van der Waals surface area contributed by atoms with Gasteiger partial charge in [-0.05, 0) is 36.2 Å². The molecule has 3 heteroatoms.